The normalized spacial score (nSPS) is 11.5. The number of thiazole rings is 1. The van der Waals surface area contributed by atoms with E-state index in [0.29, 0.717) is 11.6 Å². The summed E-state index contributed by atoms with van der Waals surface area (Å²) < 4.78 is 8.36. The van der Waals surface area contributed by atoms with Gasteiger partial charge >= 0.3 is 5.97 Å². The lowest BCUT2D eigenvalue weighted by Gasteiger charge is -2.14. The van der Waals surface area contributed by atoms with Crippen LogP contribution in [-0.2, 0) is 23.0 Å². The quantitative estimate of drug-likeness (QED) is 0.183. The number of aromatic nitrogens is 4. The van der Waals surface area contributed by atoms with Crippen molar-refractivity contribution >= 4 is 50.2 Å². The van der Waals surface area contributed by atoms with Gasteiger partial charge in [-0.1, -0.05) is 23.7 Å². The van der Waals surface area contributed by atoms with Gasteiger partial charge in [-0.15, -0.1) is 11.3 Å². The maximum absolute atomic E-state index is 12.6. The lowest BCUT2D eigenvalue weighted by atomic mass is 9.93. The van der Waals surface area contributed by atoms with Gasteiger partial charge in [-0.25, -0.2) is 9.97 Å². The van der Waals surface area contributed by atoms with Crippen LogP contribution in [0.4, 0.5) is 0 Å². The van der Waals surface area contributed by atoms with Crippen molar-refractivity contribution in [3.63, 3.8) is 0 Å². The van der Waals surface area contributed by atoms with E-state index >= 15 is 0 Å². The number of benzene rings is 2. The Balaban J connectivity index is 0.000000743. The number of carbonyl (C=O) groups is 1. The molecule has 0 bridgehead atoms. The van der Waals surface area contributed by atoms with Crippen molar-refractivity contribution in [2.75, 3.05) is 6.61 Å². The Labute approximate surface area is 272 Å². The summed E-state index contributed by atoms with van der Waals surface area (Å²) in [6.45, 7) is 11.5. The molecule has 0 aliphatic rings. The number of pyridine rings is 2. The van der Waals surface area contributed by atoms with Crippen LogP contribution in [0.5, 0.6) is 0 Å². The summed E-state index contributed by atoms with van der Waals surface area (Å²) in [5, 5.41) is 11.2. The molecule has 0 aliphatic heterocycles. The Kier molecular flexibility index (Phi) is 9.39. The summed E-state index contributed by atoms with van der Waals surface area (Å²) in [6, 6.07) is 17.9. The molecule has 0 amide bonds. The van der Waals surface area contributed by atoms with Gasteiger partial charge in [-0.2, -0.15) is 0 Å². The molecule has 6 rings (SSSR count). The SMILES string of the molecule is CC(C)(C)O.CCOC(=O)Cc1c(C)cc2nc(-c3ccnc(-c4ccc5c(C)cn(C)c5n4)c3)sc2c1-c1ccc(Cl)cc1. The van der Waals surface area contributed by atoms with Gasteiger partial charge in [0, 0.05) is 41.0 Å². The molecule has 0 fully saturated rings. The summed E-state index contributed by atoms with van der Waals surface area (Å²) in [4.78, 5) is 27.1. The van der Waals surface area contributed by atoms with E-state index in [1.54, 1.807) is 38.3 Å². The lowest BCUT2D eigenvalue weighted by Crippen LogP contribution is -2.10. The maximum atomic E-state index is 12.6. The van der Waals surface area contributed by atoms with Crippen molar-refractivity contribution in [1.29, 1.82) is 0 Å². The van der Waals surface area contributed by atoms with Gasteiger partial charge in [-0.3, -0.25) is 9.78 Å². The molecule has 2 aromatic carbocycles. The van der Waals surface area contributed by atoms with Crippen LogP contribution >= 0.6 is 22.9 Å². The highest BCUT2D eigenvalue weighted by Gasteiger charge is 2.20. The fourth-order valence-corrected chi connectivity index (χ4v) is 6.42. The highest BCUT2D eigenvalue weighted by molar-refractivity contribution is 7.22. The Morgan fingerprint density at radius 1 is 0.978 bits per heavy atom. The van der Waals surface area contributed by atoms with Crippen LogP contribution < -0.4 is 0 Å². The summed E-state index contributed by atoms with van der Waals surface area (Å²) in [6.07, 6.45) is 4.08. The third kappa shape index (κ3) is 7.41. The van der Waals surface area contributed by atoms with Crippen molar-refractivity contribution in [3.05, 3.63) is 88.7 Å². The molecule has 0 atom stereocenters. The van der Waals surface area contributed by atoms with Crippen molar-refractivity contribution in [2.24, 2.45) is 7.05 Å². The number of carbonyl (C=O) groups excluding carboxylic acids is 1. The molecule has 6 aromatic rings. The van der Waals surface area contributed by atoms with Crippen molar-refractivity contribution in [1.82, 2.24) is 19.5 Å². The van der Waals surface area contributed by atoms with Gasteiger partial charge < -0.3 is 14.4 Å². The number of ether oxygens (including phenoxy) is 1. The second-order valence-electron chi connectivity index (χ2n) is 12.0. The summed E-state index contributed by atoms with van der Waals surface area (Å²) >= 11 is 7.81. The zero-order valence-corrected chi connectivity index (χ0v) is 28.2. The molecule has 7 nitrogen and oxygen atoms in total. The number of halogens is 1. The molecule has 4 heterocycles. The number of aliphatic hydroxyl groups is 1. The molecule has 232 valence electrons. The van der Waals surface area contributed by atoms with Gasteiger partial charge in [0.15, 0.2) is 0 Å². The Morgan fingerprint density at radius 2 is 1.69 bits per heavy atom. The molecule has 0 radical (unpaired) electrons. The number of rotatable bonds is 6. The highest BCUT2D eigenvalue weighted by atomic mass is 35.5. The molecule has 45 heavy (non-hydrogen) atoms. The number of nitrogens with zero attached hydrogens (tertiary/aromatic N) is 4. The topological polar surface area (TPSA) is 90.1 Å². The molecular formula is C36H37ClN4O3S. The molecule has 0 saturated heterocycles. The minimum absolute atomic E-state index is 0.187. The first kappa shape index (κ1) is 32.3. The van der Waals surface area contributed by atoms with Gasteiger partial charge in [0.05, 0.1) is 40.2 Å². The Morgan fingerprint density at radius 3 is 2.38 bits per heavy atom. The average molecular weight is 641 g/mol. The Hall–Kier alpha value is -4.11. The second kappa shape index (κ2) is 13.1. The first-order valence-corrected chi connectivity index (χ1v) is 16.0. The van der Waals surface area contributed by atoms with Crippen LogP contribution in [0.3, 0.4) is 0 Å². The first-order valence-electron chi connectivity index (χ1n) is 14.8. The molecule has 0 unspecified atom stereocenters. The van der Waals surface area contributed by atoms with E-state index in [1.807, 2.05) is 67.9 Å². The molecule has 1 N–H and O–H groups in total. The fourth-order valence-electron chi connectivity index (χ4n) is 5.16. The maximum Gasteiger partial charge on any atom is 0.310 e. The standard InChI is InChI=1S/C32H27ClN4O2S.C4H10O/c1-5-39-28(38)16-24-18(2)14-27-30(29(24)20-6-8-22(33)9-7-20)40-32(36-27)21-12-13-34-26(15-21)25-11-10-23-19(3)17-37(4)31(23)35-25;1-4(2,3)5/h6-15,17H,5,16H2,1-4H3;5H,1-3H3. The number of fused-ring (bicyclic) bond motifs is 2. The van der Waals surface area contributed by atoms with E-state index < -0.39 is 5.60 Å². The molecule has 0 saturated carbocycles. The number of hydrogen-bond donors (Lipinski definition) is 1. The molecule has 4 aromatic heterocycles. The second-order valence-corrected chi connectivity index (χ2v) is 13.4. The van der Waals surface area contributed by atoms with Crippen LogP contribution in [0.2, 0.25) is 5.02 Å². The highest BCUT2D eigenvalue weighted by Crippen LogP contribution is 2.41. The van der Waals surface area contributed by atoms with Gasteiger partial charge in [-0.05, 0) is 106 Å². The fraction of sp³-hybridized carbons (Fsp3) is 0.278. The van der Waals surface area contributed by atoms with E-state index in [9.17, 15) is 4.79 Å². The number of hydrogen-bond acceptors (Lipinski definition) is 7. The predicted octanol–water partition coefficient (Wildman–Crippen LogP) is 8.73. The molecule has 0 spiro atoms. The van der Waals surface area contributed by atoms with E-state index in [4.69, 9.17) is 31.4 Å². The van der Waals surface area contributed by atoms with E-state index in [0.717, 1.165) is 65.5 Å². The largest absolute Gasteiger partial charge is 0.466 e. The van der Waals surface area contributed by atoms with Crippen LogP contribution in [-0.4, -0.2) is 42.8 Å². The minimum Gasteiger partial charge on any atom is -0.466 e. The van der Waals surface area contributed by atoms with E-state index in [1.165, 1.54) is 5.56 Å². The molecular weight excluding hydrogens is 604 g/mol. The predicted molar refractivity (Wildman–Crippen MR) is 185 cm³/mol. The van der Waals surface area contributed by atoms with Crippen molar-refractivity contribution in [3.8, 4) is 33.1 Å². The minimum atomic E-state index is -0.500. The summed E-state index contributed by atoms with van der Waals surface area (Å²) in [7, 11) is 2.01. The zero-order valence-electron chi connectivity index (χ0n) is 26.6. The van der Waals surface area contributed by atoms with Crippen LogP contribution in [0.15, 0.2) is 67.0 Å². The smallest absolute Gasteiger partial charge is 0.310 e. The third-order valence-electron chi connectivity index (χ3n) is 7.06. The van der Waals surface area contributed by atoms with Gasteiger partial charge in [0.1, 0.15) is 10.7 Å². The van der Waals surface area contributed by atoms with Crippen LogP contribution in [0.1, 0.15) is 44.4 Å². The summed E-state index contributed by atoms with van der Waals surface area (Å²) in [5.74, 6) is -0.249. The van der Waals surface area contributed by atoms with Crippen LogP contribution in [0, 0.1) is 13.8 Å². The summed E-state index contributed by atoms with van der Waals surface area (Å²) in [5.41, 5.74) is 8.97. The van der Waals surface area contributed by atoms with Gasteiger partial charge in [0.25, 0.3) is 0 Å². The van der Waals surface area contributed by atoms with Crippen LogP contribution in [0.25, 0.3) is 54.3 Å². The van der Waals surface area contributed by atoms with Gasteiger partial charge in [0.2, 0.25) is 0 Å². The van der Waals surface area contributed by atoms with Crippen molar-refractivity contribution in [2.45, 2.75) is 53.6 Å². The number of esters is 1. The number of aryl methyl sites for hydroxylation is 3. The van der Waals surface area contributed by atoms with E-state index in [2.05, 4.69) is 30.2 Å². The average Bonchev–Trinajstić information content (AvgIpc) is 3.53. The van der Waals surface area contributed by atoms with Crippen molar-refractivity contribution < 1.29 is 14.6 Å². The lowest BCUT2D eigenvalue weighted by molar-refractivity contribution is -0.142. The molecule has 9 heteroatoms. The monoisotopic (exact) mass is 640 g/mol. The Bertz CT molecular complexity index is 2000. The van der Waals surface area contributed by atoms with E-state index in [-0.39, 0.29) is 12.4 Å². The third-order valence-corrected chi connectivity index (χ3v) is 8.45. The molecule has 0 aliphatic carbocycles. The first-order chi connectivity index (χ1) is 21.3. The zero-order chi connectivity index (χ0) is 32.5.